The highest BCUT2D eigenvalue weighted by Crippen LogP contribution is 2.41. The van der Waals surface area contributed by atoms with Crippen LogP contribution in [-0.4, -0.2) is 47.7 Å². The number of nitrogens with one attached hydrogen (secondary N) is 1. The van der Waals surface area contributed by atoms with Crippen molar-refractivity contribution in [3.8, 4) is 0 Å². The van der Waals surface area contributed by atoms with E-state index in [0.717, 1.165) is 27.9 Å². The first-order valence-electron chi connectivity index (χ1n) is 9.95. The molecule has 2 unspecified atom stereocenters. The number of rotatable bonds is 3. The number of nitrogens with zero attached hydrogens (tertiary/aromatic N) is 1. The zero-order valence-electron chi connectivity index (χ0n) is 16.6. The van der Waals surface area contributed by atoms with Crippen molar-refractivity contribution >= 4 is 28.9 Å². The zero-order chi connectivity index (χ0) is 20.8. The highest BCUT2D eigenvalue weighted by atomic mass is 16.5. The third kappa shape index (κ3) is 3.07. The van der Waals surface area contributed by atoms with Gasteiger partial charge in [-0.25, -0.2) is 0 Å². The van der Waals surface area contributed by atoms with Crippen LogP contribution in [0.5, 0.6) is 0 Å². The molecule has 154 valence electrons. The lowest BCUT2D eigenvalue weighted by Crippen LogP contribution is -2.36. The van der Waals surface area contributed by atoms with Crippen LogP contribution in [0.25, 0.3) is 11.3 Å². The molecule has 3 heterocycles. The number of ether oxygens (including phenoxy) is 2. The zero-order valence-corrected chi connectivity index (χ0v) is 16.6. The minimum Gasteiger partial charge on any atom is -0.487 e. The van der Waals surface area contributed by atoms with Crippen LogP contribution in [-0.2, 0) is 32.2 Å². The van der Waals surface area contributed by atoms with Gasteiger partial charge in [-0.15, -0.1) is 0 Å². The first-order chi connectivity index (χ1) is 14.5. The average Bonchev–Trinajstić information content (AvgIpc) is 3.41. The predicted octanol–water partition coefficient (Wildman–Crippen LogP) is 2.15. The Morgan fingerprint density at radius 3 is 2.93 bits per heavy atom. The largest absolute Gasteiger partial charge is 0.487 e. The third-order valence-electron chi connectivity index (χ3n) is 5.93. The van der Waals surface area contributed by atoms with Gasteiger partial charge in [0.05, 0.1) is 18.8 Å². The molecule has 7 heteroatoms. The Bertz CT molecular complexity index is 1080. The monoisotopic (exact) mass is 406 g/mol. The summed E-state index contributed by atoms with van der Waals surface area (Å²) in [5.41, 5.74) is 5.13. The topological polar surface area (TPSA) is 88.1 Å². The molecule has 30 heavy (non-hydrogen) atoms. The lowest BCUT2D eigenvalue weighted by atomic mass is 9.99. The molecule has 0 aromatic heterocycles. The van der Waals surface area contributed by atoms with Crippen LogP contribution in [0.4, 0.5) is 5.69 Å². The van der Waals surface area contributed by atoms with E-state index >= 15 is 0 Å². The molecule has 7 nitrogen and oxygen atoms in total. The van der Waals surface area contributed by atoms with Crippen molar-refractivity contribution in [2.24, 2.45) is 0 Å². The number of para-hydroxylation sites is 1. The number of methoxy groups -OCH3 is 1. The van der Waals surface area contributed by atoms with Gasteiger partial charge in [0.25, 0.3) is 5.91 Å². The Kier molecular flexibility index (Phi) is 4.56. The van der Waals surface area contributed by atoms with E-state index in [1.807, 2.05) is 47.4 Å². The molecule has 2 aromatic carbocycles. The number of aliphatic hydroxyl groups is 1. The van der Waals surface area contributed by atoms with E-state index in [2.05, 4.69) is 5.32 Å². The second-order valence-corrected chi connectivity index (χ2v) is 7.84. The second-order valence-electron chi connectivity index (χ2n) is 7.84. The number of amides is 1. The second kappa shape index (κ2) is 7.27. The Hall–Kier alpha value is -3.16. The van der Waals surface area contributed by atoms with Crippen molar-refractivity contribution in [3.63, 3.8) is 0 Å². The summed E-state index contributed by atoms with van der Waals surface area (Å²) in [4.78, 5) is 26.5. The van der Waals surface area contributed by atoms with Crippen molar-refractivity contribution in [2.45, 2.75) is 31.7 Å². The van der Waals surface area contributed by atoms with Gasteiger partial charge in [0, 0.05) is 41.9 Å². The first-order valence-corrected chi connectivity index (χ1v) is 9.95. The van der Waals surface area contributed by atoms with Gasteiger partial charge in [-0.1, -0.05) is 36.4 Å². The van der Waals surface area contributed by atoms with Crippen LogP contribution < -0.4 is 5.32 Å². The van der Waals surface area contributed by atoms with Crippen molar-refractivity contribution < 1.29 is 24.2 Å². The minimum absolute atomic E-state index is 0.157. The molecule has 3 aliphatic rings. The highest BCUT2D eigenvalue weighted by Gasteiger charge is 2.37. The number of β-amino-alcohol motifs (C(OH)–C–C–N with tert-alkyl or cyclic N) is 1. The van der Waals surface area contributed by atoms with Crippen LogP contribution in [0.2, 0.25) is 0 Å². The standard InChI is InChI=1S/C23H22N2O5/c1-29-23(28)19-9-15(26)11-25(19)10-13-6-7-16-14(8-13)12-30-21(16)20-17-4-2-3-5-18(17)24-22(20)27/h2-8,15,19,26H,9-12H2,1H3,(H,24,27). The van der Waals surface area contributed by atoms with Crippen LogP contribution in [0.15, 0.2) is 42.5 Å². The number of benzene rings is 2. The molecule has 0 radical (unpaired) electrons. The number of hydrogen-bond acceptors (Lipinski definition) is 6. The maximum absolute atomic E-state index is 12.6. The maximum Gasteiger partial charge on any atom is 0.323 e. The Morgan fingerprint density at radius 1 is 1.27 bits per heavy atom. The van der Waals surface area contributed by atoms with Crippen molar-refractivity contribution in [3.05, 3.63) is 64.7 Å². The minimum atomic E-state index is -0.538. The number of esters is 1. The van der Waals surface area contributed by atoms with Gasteiger partial charge < -0.3 is 19.9 Å². The normalized spacial score (nSPS) is 24.9. The number of anilines is 1. The third-order valence-corrected chi connectivity index (χ3v) is 5.93. The fraction of sp³-hybridized carbons (Fsp3) is 0.304. The number of hydrogen-bond donors (Lipinski definition) is 2. The molecule has 3 aliphatic heterocycles. The maximum atomic E-state index is 12.6. The van der Waals surface area contributed by atoms with Crippen LogP contribution >= 0.6 is 0 Å². The molecule has 2 atom stereocenters. The molecule has 1 fully saturated rings. The predicted molar refractivity (Wildman–Crippen MR) is 110 cm³/mol. The molecule has 2 N–H and O–H groups in total. The average molecular weight is 406 g/mol. The van der Waals surface area contributed by atoms with Crippen molar-refractivity contribution in [1.82, 2.24) is 4.90 Å². The fourth-order valence-electron chi connectivity index (χ4n) is 4.53. The summed E-state index contributed by atoms with van der Waals surface area (Å²) in [7, 11) is 1.37. The quantitative estimate of drug-likeness (QED) is 0.600. The number of carbonyl (C=O) groups excluding carboxylic acids is 2. The molecular formula is C23H22N2O5. The first kappa shape index (κ1) is 18.8. The van der Waals surface area contributed by atoms with Gasteiger partial charge in [-0.3, -0.25) is 14.5 Å². The van der Waals surface area contributed by atoms with Crippen LogP contribution in [0, 0.1) is 0 Å². The van der Waals surface area contributed by atoms with E-state index in [4.69, 9.17) is 9.47 Å². The van der Waals surface area contributed by atoms with E-state index in [9.17, 15) is 14.7 Å². The van der Waals surface area contributed by atoms with Gasteiger partial charge in [-0.05, 0) is 11.6 Å². The van der Waals surface area contributed by atoms with E-state index in [1.165, 1.54) is 7.11 Å². The summed E-state index contributed by atoms with van der Waals surface area (Å²) in [5.74, 6) is 0.118. The number of aliphatic hydroxyl groups excluding tert-OH is 1. The van der Waals surface area contributed by atoms with Gasteiger partial charge in [0.2, 0.25) is 0 Å². The van der Waals surface area contributed by atoms with E-state index in [1.54, 1.807) is 0 Å². The van der Waals surface area contributed by atoms with Crippen LogP contribution in [0.3, 0.4) is 0 Å². The molecule has 0 spiro atoms. The molecule has 2 aromatic rings. The Balaban J connectivity index is 1.44. The molecular weight excluding hydrogens is 384 g/mol. The summed E-state index contributed by atoms with van der Waals surface area (Å²) in [6, 6.07) is 13.1. The van der Waals surface area contributed by atoms with Crippen molar-refractivity contribution in [1.29, 1.82) is 0 Å². The molecule has 0 bridgehead atoms. The lowest BCUT2D eigenvalue weighted by Gasteiger charge is -2.22. The van der Waals surface area contributed by atoms with Crippen molar-refractivity contribution in [2.75, 3.05) is 19.0 Å². The number of fused-ring (bicyclic) bond motifs is 2. The summed E-state index contributed by atoms with van der Waals surface area (Å²) in [6.45, 7) is 1.35. The fourth-order valence-corrected chi connectivity index (χ4v) is 4.53. The molecule has 1 saturated heterocycles. The summed E-state index contributed by atoms with van der Waals surface area (Å²) in [5, 5.41) is 12.9. The summed E-state index contributed by atoms with van der Waals surface area (Å²) in [6.07, 6.45) is -0.157. The van der Waals surface area contributed by atoms with E-state index in [-0.39, 0.29) is 11.9 Å². The summed E-state index contributed by atoms with van der Waals surface area (Å²) < 4.78 is 10.8. The van der Waals surface area contributed by atoms with Gasteiger partial charge >= 0.3 is 5.97 Å². The highest BCUT2D eigenvalue weighted by molar-refractivity contribution is 6.36. The van der Waals surface area contributed by atoms with Gasteiger partial charge in [-0.2, -0.15) is 0 Å². The number of carbonyl (C=O) groups is 2. The Labute approximate surface area is 173 Å². The SMILES string of the molecule is COC(=O)C1CC(O)CN1Cc1ccc2c(c1)COC2=C1C(=O)Nc2ccccc21. The molecule has 1 amide bonds. The van der Waals surface area contributed by atoms with Crippen LogP contribution in [0.1, 0.15) is 28.7 Å². The number of likely N-dealkylation sites (tertiary alicyclic amines) is 1. The lowest BCUT2D eigenvalue weighted by molar-refractivity contribution is -0.146. The Morgan fingerprint density at radius 2 is 2.10 bits per heavy atom. The molecule has 5 rings (SSSR count). The molecule has 0 saturated carbocycles. The van der Waals surface area contributed by atoms with Gasteiger partial charge in [0.1, 0.15) is 18.4 Å². The van der Waals surface area contributed by atoms with E-state index in [0.29, 0.717) is 37.4 Å². The van der Waals surface area contributed by atoms with E-state index < -0.39 is 12.1 Å². The molecule has 0 aliphatic carbocycles. The summed E-state index contributed by atoms with van der Waals surface area (Å²) >= 11 is 0. The smallest absolute Gasteiger partial charge is 0.323 e. The van der Waals surface area contributed by atoms with Gasteiger partial charge in [0.15, 0.2) is 0 Å².